The Morgan fingerprint density at radius 1 is 1.46 bits per heavy atom. The third kappa shape index (κ3) is 32.4. The quantitative estimate of drug-likeness (QED) is 0.382. The molecule has 0 bridgehead atoms. The molecule has 0 aliphatic carbocycles. The Balaban J connectivity index is -0.000000150. The van der Waals surface area contributed by atoms with E-state index in [9.17, 15) is 18.9 Å². The minimum Gasteiger partial charge on any atom is -0.563 e. The standard InChI is InChI=1S/C4H8O.Hg.O5P2/c1-4(2)3-5;;1-6(2)5-7(3)4/h5H,1,3H2,2H3;;/q;+2;. The Bertz CT molecular complexity index is 171. The van der Waals surface area contributed by atoms with E-state index in [4.69, 9.17) is 5.11 Å². The van der Waals surface area contributed by atoms with Crippen molar-refractivity contribution in [1.82, 2.24) is 0 Å². The van der Waals surface area contributed by atoms with E-state index in [2.05, 4.69) is 10.9 Å². The topological polar surface area (TPSA) is 110 Å². The van der Waals surface area contributed by atoms with Gasteiger partial charge < -0.3 is 14.9 Å². The van der Waals surface area contributed by atoms with Crippen molar-refractivity contribution in [3.63, 3.8) is 0 Å². The van der Waals surface area contributed by atoms with E-state index >= 15 is 0 Å². The molecule has 9 heteroatoms. The van der Waals surface area contributed by atoms with Gasteiger partial charge in [0.1, 0.15) is 4.31 Å². The molecule has 0 aliphatic rings. The van der Waals surface area contributed by atoms with Gasteiger partial charge in [-0.25, -0.2) is 0 Å². The monoisotopic (exact) mass is 416 g/mol. The Labute approximate surface area is 98.0 Å². The number of hydrogen-bond acceptors (Lipinski definition) is 6. The van der Waals surface area contributed by atoms with Crippen molar-refractivity contribution in [2.45, 2.75) is 6.92 Å². The molecular weight excluding hydrogens is 407 g/mol. The molecule has 2 atom stereocenters. The van der Waals surface area contributed by atoms with Crippen molar-refractivity contribution in [2.75, 3.05) is 6.61 Å². The Morgan fingerprint density at radius 2 is 1.69 bits per heavy atom. The third-order valence-corrected chi connectivity index (χ3v) is 1.47. The minimum absolute atomic E-state index is 0. The first-order valence-corrected chi connectivity index (χ1v) is 4.81. The second-order valence-electron chi connectivity index (χ2n) is 1.64. The van der Waals surface area contributed by atoms with Gasteiger partial charge in [-0.05, 0) is 16.1 Å². The number of rotatable bonds is 3. The molecule has 70 valence electrons. The summed E-state index contributed by atoms with van der Waals surface area (Å²) in [6.07, 6.45) is 0. The molecule has 13 heavy (non-hydrogen) atoms. The van der Waals surface area contributed by atoms with Crippen LogP contribution in [0.3, 0.4) is 0 Å². The van der Waals surface area contributed by atoms with E-state index < -0.39 is 16.5 Å². The molecule has 0 rings (SSSR count). The molecule has 0 amide bonds. The molecule has 1 N–H and O–H groups in total. The summed E-state index contributed by atoms with van der Waals surface area (Å²) in [6, 6.07) is 0. The van der Waals surface area contributed by atoms with Crippen LogP contribution in [0.1, 0.15) is 6.92 Å². The SMILES string of the molecule is C=C(C)CO.O=[P+]([O-])O[P+](=O)[O-].[Hg+2]. The fourth-order valence-corrected chi connectivity index (χ4v) is 0.490. The van der Waals surface area contributed by atoms with E-state index in [-0.39, 0.29) is 34.3 Å². The van der Waals surface area contributed by atoms with Gasteiger partial charge in [0.05, 0.1) is 6.61 Å². The van der Waals surface area contributed by atoms with Crippen molar-refractivity contribution in [1.29, 1.82) is 0 Å². The molecule has 0 aromatic rings. The minimum atomic E-state index is -3.24. The van der Waals surface area contributed by atoms with Crippen molar-refractivity contribution < 1.29 is 56.0 Å². The van der Waals surface area contributed by atoms with Gasteiger partial charge >= 0.3 is 44.2 Å². The number of aliphatic hydroxyl groups excluding tert-OH is 1. The van der Waals surface area contributed by atoms with Gasteiger partial charge in [0.25, 0.3) is 0 Å². The third-order valence-electron chi connectivity index (χ3n) is 0.403. The second-order valence-corrected chi connectivity index (χ2v) is 3.19. The van der Waals surface area contributed by atoms with Crippen LogP contribution >= 0.6 is 16.5 Å². The molecule has 0 aliphatic heterocycles. The van der Waals surface area contributed by atoms with E-state index in [0.29, 0.717) is 0 Å². The summed E-state index contributed by atoms with van der Waals surface area (Å²) < 4.78 is 21.6. The fraction of sp³-hybridized carbons (Fsp3) is 0.500. The average molecular weight is 415 g/mol. The first kappa shape index (κ1) is 19.3. The zero-order valence-corrected chi connectivity index (χ0v) is 14.3. The van der Waals surface area contributed by atoms with E-state index in [1.54, 1.807) is 6.92 Å². The molecule has 6 nitrogen and oxygen atoms in total. The molecule has 0 radical (unpaired) electrons. The second kappa shape index (κ2) is 12.7. The number of hydrogen-bond donors (Lipinski definition) is 1. The van der Waals surface area contributed by atoms with E-state index in [0.717, 1.165) is 5.57 Å². The predicted octanol–water partition coefficient (Wildman–Crippen LogP) is -0.409. The first-order chi connectivity index (χ1) is 5.40. The zero-order valence-electron chi connectivity index (χ0n) is 7.00. The van der Waals surface area contributed by atoms with Crippen LogP contribution in [0.5, 0.6) is 0 Å². The maximum absolute atomic E-state index is 9.24. The Hall–Kier alpha value is 0.715. The summed E-state index contributed by atoms with van der Waals surface area (Å²) >= 11 is 0. The van der Waals surface area contributed by atoms with Crippen LogP contribution in [-0.2, 0) is 41.1 Å². The summed E-state index contributed by atoms with van der Waals surface area (Å²) in [5.41, 5.74) is 0.810. The first-order valence-electron chi connectivity index (χ1n) is 2.62. The molecule has 0 saturated carbocycles. The summed E-state index contributed by atoms with van der Waals surface area (Å²) in [6.45, 7) is 5.31. The summed E-state index contributed by atoms with van der Waals surface area (Å²) in [5, 5.41) is 8.04. The van der Waals surface area contributed by atoms with Gasteiger partial charge in [-0.3, -0.25) is 0 Å². The molecule has 0 fully saturated rings. The molecule has 0 spiro atoms. The summed E-state index contributed by atoms with van der Waals surface area (Å²) in [4.78, 5) is 18.5. The normalized spacial score (nSPS) is 10.2. The maximum Gasteiger partial charge on any atom is 2.00 e. The maximum atomic E-state index is 9.24. The van der Waals surface area contributed by atoms with Crippen LogP contribution in [0, 0.1) is 0 Å². The molecule has 0 saturated heterocycles. The van der Waals surface area contributed by atoms with Crippen molar-refractivity contribution in [3.8, 4) is 0 Å². The molecule has 2 unspecified atom stereocenters. The van der Waals surface area contributed by atoms with Crippen LogP contribution in [0.4, 0.5) is 0 Å². The molecule has 0 aromatic heterocycles. The summed E-state index contributed by atoms with van der Waals surface area (Å²) in [7, 11) is -6.47. The van der Waals surface area contributed by atoms with Crippen molar-refractivity contribution in [2.24, 2.45) is 0 Å². The largest absolute Gasteiger partial charge is 2.00 e. The van der Waals surface area contributed by atoms with Gasteiger partial charge in [-0.1, -0.05) is 12.2 Å². The van der Waals surface area contributed by atoms with Gasteiger partial charge in [0, 0.05) is 0 Å². The Morgan fingerprint density at radius 3 is 1.69 bits per heavy atom. The van der Waals surface area contributed by atoms with Crippen LogP contribution < -0.4 is 9.79 Å². The van der Waals surface area contributed by atoms with E-state index in [1.165, 1.54) is 0 Å². The summed E-state index contributed by atoms with van der Waals surface area (Å²) in [5.74, 6) is 0. The van der Waals surface area contributed by atoms with Crippen LogP contribution in [0.25, 0.3) is 0 Å². The van der Waals surface area contributed by atoms with Gasteiger partial charge in [0.15, 0.2) is 0 Å². The molecular formula is C4H8HgO6P2+2. The van der Waals surface area contributed by atoms with Crippen LogP contribution in [0.2, 0.25) is 0 Å². The van der Waals surface area contributed by atoms with Crippen molar-refractivity contribution in [3.05, 3.63) is 12.2 Å². The predicted molar refractivity (Wildman–Crippen MR) is 38.2 cm³/mol. The fourth-order valence-electron chi connectivity index (χ4n) is 0.0544. The van der Waals surface area contributed by atoms with Crippen LogP contribution in [-0.4, -0.2) is 11.7 Å². The van der Waals surface area contributed by atoms with Gasteiger partial charge in [-0.2, -0.15) is 0 Å². The van der Waals surface area contributed by atoms with Crippen molar-refractivity contribution >= 4 is 16.5 Å². The molecule has 0 aromatic carbocycles. The van der Waals surface area contributed by atoms with Crippen LogP contribution in [0.15, 0.2) is 12.2 Å². The van der Waals surface area contributed by atoms with Gasteiger partial charge in [0.2, 0.25) is 0 Å². The average Bonchev–Trinajstić information content (AvgIpc) is 1.85. The van der Waals surface area contributed by atoms with E-state index in [1.807, 2.05) is 0 Å². The number of aliphatic hydroxyl groups is 1. The smallest absolute Gasteiger partial charge is 0.563 e. The Kier molecular flexibility index (Phi) is 18.9. The van der Waals surface area contributed by atoms with Gasteiger partial charge in [-0.15, -0.1) is 0 Å². The zero-order chi connectivity index (χ0) is 10.1. The molecule has 0 heterocycles.